The van der Waals surface area contributed by atoms with Crippen LogP contribution < -0.4 is 10.5 Å². The molecule has 0 bridgehead atoms. The first-order valence-electron chi connectivity index (χ1n) is 6.86. The predicted molar refractivity (Wildman–Crippen MR) is 86.0 cm³/mol. The molecule has 3 nitrogen and oxygen atoms in total. The van der Waals surface area contributed by atoms with Crippen molar-refractivity contribution in [3.63, 3.8) is 0 Å². The summed E-state index contributed by atoms with van der Waals surface area (Å²) in [6.45, 7) is 13.4. The molecule has 1 aromatic rings. The lowest BCUT2D eigenvalue weighted by Gasteiger charge is -2.39. The van der Waals surface area contributed by atoms with Crippen LogP contribution in [0.1, 0.15) is 19.4 Å². The van der Waals surface area contributed by atoms with E-state index in [1.54, 1.807) is 7.11 Å². The zero-order valence-electron chi connectivity index (χ0n) is 12.8. The number of nitrogens with two attached hydrogens (primary N) is 1. The smallest absolute Gasteiger partial charge is 0.118 e. The molecule has 1 rings (SSSR count). The fraction of sp³-hybridized carbons (Fsp3) is 0.412. The fourth-order valence-electron chi connectivity index (χ4n) is 2.29. The lowest BCUT2D eigenvalue weighted by molar-refractivity contribution is 0.170. The van der Waals surface area contributed by atoms with Gasteiger partial charge in [0.25, 0.3) is 0 Å². The molecule has 1 aromatic carbocycles. The van der Waals surface area contributed by atoms with E-state index in [4.69, 9.17) is 10.5 Å². The summed E-state index contributed by atoms with van der Waals surface area (Å²) >= 11 is 0. The fourth-order valence-corrected chi connectivity index (χ4v) is 2.29. The van der Waals surface area contributed by atoms with Gasteiger partial charge in [-0.3, -0.25) is 4.90 Å². The SMILES string of the molecule is C=CCN(CC=C)C(C)C(C)(N)c1ccc(OC)cc1. The first-order valence-corrected chi connectivity index (χ1v) is 6.86. The minimum absolute atomic E-state index is 0.159. The molecule has 0 aliphatic rings. The molecule has 0 heterocycles. The van der Waals surface area contributed by atoms with Gasteiger partial charge in [0.15, 0.2) is 0 Å². The van der Waals surface area contributed by atoms with Crippen molar-refractivity contribution in [2.45, 2.75) is 25.4 Å². The summed E-state index contributed by atoms with van der Waals surface area (Å²) < 4.78 is 5.19. The lowest BCUT2D eigenvalue weighted by Crippen LogP contribution is -2.53. The van der Waals surface area contributed by atoms with Gasteiger partial charge >= 0.3 is 0 Å². The summed E-state index contributed by atoms with van der Waals surface area (Å²) in [5, 5.41) is 0. The number of benzene rings is 1. The van der Waals surface area contributed by atoms with Crippen molar-refractivity contribution >= 4 is 0 Å². The van der Waals surface area contributed by atoms with Gasteiger partial charge < -0.3 is 10.5 Å². The molecule has 0 radical (unpaired) electrons. The molecule has 20 heavy (non-hydrogen) atoms. The Morgan fingerprint density at radius 1 is 1.25 bits per heavy atom. The topological polar surface area (TPSA) is 38.5 Å². The third-order valence-electron chi connectivity index (χ3n) is 3.85. The van der Waals surface area contributed by atoms with Crippen LogP contribution in [0.4, 0.5) is 0 Å². The molecular formula is C17H26N2O. The van der Waals surface area contributed by atoms with Crippen LogP contribution in [0.3, 0.4) is 0 Å². The van der Waals surface area contributed by atoms with Crippen LogP contribution in [-0.2, 0) is 5.54 Å². The third kappa shape index (κ3) is 3.71. The van der Waals surface area contributed by atoms with E-state index in [1.165, 1.54) is 0 Å². The van der Waals surface area contributed by atoms with Gasteiger partial charge in [0.1, 0.15) is 5.75 Å². The molecule has 0 saturated heterocycles. The van der Waals surface area contributed by atoms with Crippen molar-refractivity contribution < 1.29 is 4.74 Å². The molecule has 2 atom stereocenters. The second-order valence-corrected chi connectivity index (χ2v) is 5.22. The number of methoxy groups -OCH3 is 1. The highest BCUT2D eigenvalue weighted by molar-refractivity contribution is 5.32. The Hall–Kier alpha value is -1.58. The average molecular weight is 274 g/mol. The van der Waals surface area contributed by atoms with Crippen molar-refractivity contribution in [3.05, 3.63) is 55.1 Å². The Morgan fingerprint density at radius 2 is 1.75 bits per heavy atom. The van der Waals surface area contributed by atoms with Crippen LogP contribution in [0.5, 0.6) is 5.75 Å². The Morgan fingerprint density at radius 3 is 2.15 bits per heavy atom. The maximum absolute atomic E-state index is 6.58. The van der Waals surface area contributed by atoms with E-state index in [0.29, 0.717) is 0 Å². The summed E-state index contributed by atoms with van der Waals surface area (Å²) in [6.07, 6.45) is 3.79. The van der Waals surface area contributed by atoms with Crippen molar-refractivity contribution in [2.75, 3.05) is 20.2 Å². The Bertz CT molecular complexity index is 427. The van der Waals surface area contributed by atoms with Gasteiger partial charge in [-0.15, -0.1) is 13.2 Å². The second-order valence-electron chi connectivity index (χ2n) is 5.22. The van der Waals surface area contributed by atoms with E-state index in [2.05, 4.69) is 31.9 Å². The molecule has 0 saturated carbocycles. The second kappa shape index (κ2) is 7.27. The van der Waals surface area contributed by atoms with Gasteiger partial charge in [0.2, 0.25) is 0 Å². The molecule has 0 aliphatic carbocycles. The maximum atomic E-state index is 6.58. The molecule has 3 heteroatoms. The normalized spacial score (nSPS) is 15.4. The van der Waals surface area contributed by atoms with Crippen LogP contribution in [0, 0.1) is 0 Å². The summed E-state index contributed by atoms with van der Waals surface area (Å²) in [4.78, 5) is 2.25. The number of nitrogens with zero attached hydrogens (tertiary/aromatic N) is 1. The van der Waals surface area contributed by atoms with Crippen LogP contribution in [-0.4, -0.2) is 31.1 Å². The van der Waals surface area contributed by atoms with E-state index in [0.717, 1.165) is 24.4 Å². The Balaban J connectivity index is 2.98. The highest BCUT2D eigenvalue weighted by atomic mass is 16.5. The molecule has 2 unspecified atom stereocenters. The highest BCUT2D eigenvalue weighted by Gasteiger charge is 2.32. The van der Waals surface area contributed by atoms with E-state index >= 15 is 0 Å². The van der Waals surface area contributed by atoms with Crippen LogP contribution in [0.2, 0.25) is 0 Å². The maximum Gasteiger partial charge on any atom is 0.118 e. The molecule has 0 fully saturated rings. The first-order chi connectivity index (χ1) is 9.47. The van der Waals surface area contributed by atoms with Crippen molar-refractivity contribution in [1.29, 1.82) is 0 Å². The summed E-state index contributed by atoms with van der Waals surface area (Å²) in [5.41, 5.74) is 7.21. The lowest BCUT2D eigenvalue weighted by atomic mass is 9.85. The standard InChI is InChI=1S/C17H26N2O/c1-6-12-19(13-7-2)14(3)17(4,18)15-8-10-16(20-5)11-9-15/h6-11,14H,1-2,12-13,18H2,3-5H3. The molecule has 0 aromatic heterocycles. The van der Waals surface area contributed by atoms with Crippen molar-refractivity contribution in [1.82, 2.24) is 4.90 Å². The molecule has 2 N–H and O–H groups in total. The van der Waals surface area contributed by atoms with Crippen LogP contribution in [0.25, 0.3) is 0 Å². The number of hydrogen-bond donors (Lipinski definition) is 1. The van der Waals surface area contributed by atoms with Gasteiger partial charge in [-0.2, -0.15) is 0 Å². The predicted octanol–water partition coefficient (Wildman–Crippen LogP) is 2.93. The average Bonchev–Trinajstić information content (AvgIpc) is 2.46. The van der Waals surface area contributed by atoms with E-state index in [1.807, 2.05) is 36.4 Å². The minimum Gasteiger partial charge on any atom is -0.497 e. The van der Waals surface area contributed by atoms with Crippen molar-refractivity contribution in [3.8, 4) is 5.75 Å². The summed E-state index contributed by atoms with van der Waals surface area (Å²) in [6, 6.07) is 8.09. The quantitative estimate of drug-likeness (QED) is 0.741. The van der Waals surface area contributed by atoms with Crippen LogP contribution in [0.15, 0.2) is 49.6 Å². The highest BCUT2D eigenvalue weighted by Crippen LogP contribution is 2.27. The van der Waals surface area contributed by atoms with Crippen molar-refractivity contribution in [2.24, 2.45) is 5.73 Å². The zero-order chi connectivity index (χ0) is 15.2. The third-order valence-corrected chi connectivity index (χ3v) is 3.85. The van der Waals surface area contributed by atoms with Gasteiger partial charge in [-0.05, 0) is 31.5 Å². The van der Waals surface area contributed by atoms with Gasteiger partial charge in [-0.1, -0.05) is 24.3 Å². The zero-order valence-corrected chi connectivity index (χ0v) is 12.8. The van der Waals surface area contributed by atoms with E-state index in [9.17, 15) is 0 Å². The molecular weight excluding hydrogens is 248 g/mol. The first kappa shape index (κ1) is 16.5. The number of rotatable bonds is 8. The van der Waals surface area contributed by atoms with Gasteiger partial charge in [-0.25, -0.2) is 0 Å². The van der Waals surface area contributed by atoms with Gasteiger partial charge in [0.05, 0.1) is 12.6 Å². The van der Waals surface area contributed by atoms with E-state index in [-0.39, 0.29) is 6.04 Å². The summed E-state index contributed by atoms with van der Waals surface area (Å²) in [5.74, 6) is 0.839. The largest absolute Gasteiger partial charge is 0.497 e. The minimum atomic E-state index is -0.460. The molecule has 0 amide bonds. The number of ether oxygens (including phenoxy) is 1. The molecule has 110 valence electrons. The van der Waals surface area contributed by atoms with Gasteiger partial charge in [0, 0.05) is 19.1 Å². The molecule has 0 aliphatic heterocycles. The van der Waals surface area contributed by atoms with Crippen LogP contribution >= 0.6 is 0 Å². The summed E-state index contributed by atoms with van der Waals surface area (Å²) in [7, 11) is 1.66. The Labute approximate surface area is 122 Å². The Kier molecular flexibility index (Phi) is 5.99. The van der Waals surface area contributed by atoms with E-state index < -0.39 is 5.54 Å². The monoisotopic (exact) mass is 274 g/mol. The number of hydrogen-bond acceptors (Lipinski definition) is 3. The molecule has 0 spiro atoms.